The molecule has 0 amide bonds. The lowest BCUT2D eigenvalue weighted by molar-refractivity contribution is 0.579. The van der Waals surface area contributed by atoms with E-state index in [0.29, 0.717) is 5.92 Å². The van der Waals surface area contributed by atoms with Gasteiger partial charge < -0.3 is 0 Å². The van der Waals surface area contributed by atoms with E-state index in [1.54, 1.807) is 18.3 Å². The molecule has 1 aromatic carbocycles. The van der Waals surface area contributed by atoms with Gasteiger partial charge in [-0.15, -0.1) is 0 Å². The first-order valence-corrected chi connectivity index (χ1v) is 8.84. The van der Waals surface area contributed by atoms with Gasteiger partial charge in [0.1, 0.15) is 0 Å². The van der Waals surface area contributed by atoms with Crippen molar-refractivity contribution in [2.24, 2.45) is 11.0 Å². The van der Waals surface area contributed by atoms with Crippen LogP contribution < -0.4 is 4.83 Å². The summed E-state index contributed by atoms with van der Waals surface area (Å²) in [7, 11) is -3.58. The second kappa shape index (κ2) is 7.07. The molecule has 1 rings (SSSR count). The van der Waals surface area contributed by atoms with Gasteiger partial charge in [-0.05, 0) is 41.9 Å². The minimum absolute atomic E-state index is 0.00332. The maximum Gasteiger partial charge on any atom is 0.276 e. The number of hydrogen-bond donors (Lipinski definition) is 1. The third kappa shape index (κ3) is 5.16. The van der Waals surface area contributed by atoms with Gasteiger partial charge in [0.15, 0.2) is 0 Å². The van der Waals surface area contributed by atoms with Crippen molar-refractivity contribution in [1.82, 2.24) is 4.83 Å². The molecule has 0 saturated carbocycles. The fraction of sp³-hybridized carbons (Fsp3) is 0.562. The lowest BCUT2D eigenvalue weighted by Gasteiger charge is -2.19. The third-order valence-electron chi connectivity index (χ3n) is 3.54. The lowest BCUT2D eigenvalue weighted by Crippen LogP contribution is -2.19. The van der Waals surface area contributed by atoms with Crippen molar-refractivity contribution < 1.29 is 8.42 Å². The van der Waals surface area contributed by atoms with Crippen LogP contribution in [0.2, 0.25) is 0 Å². The first-order valence-electron chi connectivity index (χ1n) is 7.36. The molecule has 1 aromatic rings. The molecule has 0 bridgehead atoms. The van der Waals surface area contributed by atoms with Gasteiger partial charge in [-0.25, -0.2) is 4.83 Å². The van der Waals surface area contributed by atoms with Crippen molar-refractivity contribution >= 4 is 16.2 Å². The fourth-order valence-corrected chi connectivity index (χ4v) is 2.69. The van der Waals surface area contributed by atoms with Gasteiger partial charge in [0.2, 0.25) is 0 Å². The predicted molar refractivity (Wildman–Crippen MR) is 88.0 cm³/mol. The molecule has 0 spiro atoms. The van der Waals surface area contributed by atoms with E-state index in [2.05, 4.69) is 44.6 Å². The monoisotopic (exact) mass is 310 g/mol. The van der Waals surface area contributed by atoms with Crippen molar-refractivity contribution in [3.63, 3.8) is 0 Å². The van der Waals surface area contributed by atoms with E-state index < -0.39 is 10.0 Å². The van der Waals surface area contributed by atoms with Crippen LogP contribution in [0.25, 0.3) is 0 Å². The van der Waals surface area contributed by atoms with Gasteiger partial charge in [0.05, 0.1) is 4.90 Å². The Morgan fingerprint density at radius 1 is 1.14 bits per heavy atom. The van der Waals surface area contributed by atoms with Crippen LogP contribution in [-0.2, 0) is 15.4 Å². The summed E-state index contributed by atoms with van der Waals surface area (Å²) >= 11 is 0. The van der Waals surface area contributed by atoms with E-state index in [1.807, 2.05) is 12.1 Å². The summed E-state index contributed by atoms with van der Waals surface area (Å²) in [5.41, 5.74) is 1.10. The molecule has 0 saturated heterocycles. The fourth-order valence-electron chi connectivity index (χ4n) is 1.89. The van der Waals surface area contributed by atoms with Gasteiger partial charge in [-0.2, -0.15) is 13.5 Å². The Labute approximate surface area is 128 Å². The van der Waals surface area contributed by atoms with E-state index in [-0.39, 0.29) is 10.3 Å². The molecule has 0 aliphatic rings. The Morgan fingerprint density at radius 2 is 1.67 bits per heavy atom. The smallest absolute Gasteiger partial charge is 0.200 e. The molecular formula is C16H26N2O2S. The second-order valence-electron chi connectivity index (χ2n) is 6.22. The molecule has 21 heavy (non-hydrogen) atoms. The highest BCUT2D eigenvalue weighted by molar-refractivity contribution is 7.89. The maximum absolute atomic E-state index is 12.1. The Kier molecular flexibility index (Phi) is 5.96. The number of sulfonamides is 1. The Hall–Kier alpha value is -1.36. The molecular weight excluding hydrogens is 284 g/mol. The number of rotatable bonds is 6. The first kappa shape index (κ1) is 17.7. The van der Waals surface area contributed by atoms with Crippen molar-refractivity contribution in [2.75, 3.05) is 0 Å². The van der Waals surface area contributed by atoms with Gasteiger partial charge in [0.25, 0.3) is 10.0 Å². The van der Waals surface area contributed by atoms with E-state index in [9.17, 15) is 8.42 Å². The van der Waals surface area contributed by atoms with Crippen LogP contribution in [0, 0.1) is 5.92 Å². The van der Waals surface area contributed by atoms with Crippen LogP contribution in [0.3, 0.4) is 0 Å². The first-order chi connectivity index (χ1) is 9.70. The van der Waals surface area contributed by atoms with Crippen LogP contribution >= 0.6 is 0 Å². The molecule has 4 nitrogen and oxygen atoms in total. The van der Waals surface area contributed by atoms with Crippen molar-refractivity contribution in [1.29, 1.82) is 0 Å². The SMILES string of the molecule is CCC(/C=N/NS(=O)(=O)c1ccc(C(C)(C)C)cc1)CC. The van der Waals surface area contributed by atoms with Crippen LogP contribution in [0.4, 0.5) is 0 Å². The molecule has 0 fully saturated rings. The van der Waals surface area contributed by atoms with Crippen molar-refractivity contribution in [3.8, 4) is 0 Å². The molecule has 1 N–H and O–H groups in total. The minimum Gasteiger partial charge on any atom is -0.200 e. The van der Waals surface area contributed by atoms with Crippen LogP contribution in [0.5, 0.6) is 0 Å². The topological polar surface area (TPSA) is 58.5 Å². The van der Waals surface area contributed by atoms with Gasteiger partial charge >= 0.3 is 0 Å². The summed E-state index contributed by atoms with van der Waals surface area (Å²) in [4.78, 5) is 2.51. The summed E-state index contributed by atoms with van der Waals surface area (Å²) < 4.78 is 24.3. The molecule has 0 aliphatic carbocycles. The maximum atomic E-state index is 12.1. The standard InChI is InChI=1S/C16H26N2O2S/c1-6-13(7-2)12-17-18-21(19,20)15-10-8-14(9-11-15)16(3,4)5/h8-13,18H,6-7H2,1-5H3/b17-12+. The summed E-state index contributed by atoms with van der Waals surface area (Å²) in [6.07, 6.45) is 3.56. The predicted octanol–water partition coefficient (Wildman–Crippen LogP) is 3.68. The summed E-state index contributed by atoms with van der Waals surface area (Å²) in [6, 6.07) is 6.93. The molecule has 5 heteroatoms. The van der Waals surface area contributed by atoms with Crippen molar-refractivity contribution in [3.05, 3.63) is 29.8 Å². The quantitative estimate of drug-likeness (QED) is 0.643. The molecule has 0 aliphatic heterocycles. The van der Waals surface area contributed by atoms with Crippen LogP contribution in [0.15, 0.2) is 34.3 Å². The van der Waals surface area contributed by atoms with Gasteiger partial charge in [-0.1, -0.05) is 46.8 Å². The highest BCUT2D eigenvalue weighted by Gasteiger charge is 2.17. The Morgan fingerprint density at radius 3 is 2.10 bits per heavy atom. The number of nitrogens with one attached hydrogen (secondary N) is 1. The zero-order chi connectivity index (χ0) is 16.1. The number of hydrazone groups is 1. The van der Waals surface area contributed by atoms with E-state index >= 15 is 0 Å². The number of benzene rings is 1. The lowest BCUT2D eigenvalue weighted by atomic mass is 9.87. The van der Waals surface area contributed by atoms with E-state index in [1.165, 1.54) is 0 Å². The van der Waals surface area contributed by atoms with Crippen LogP contribution in [-0.4, -0.2) is 14.6 Å². The average molecular weight is 310 g/mol. The molecule has 0 radical (unpaired) electrons. The minimum atomic E-state index is -3.58. The zero-order valence-electron chi connectivity index (χ0n) is 13.6. The summed E-state index contributed by atoms with van der Waals surface area (Å²) in [5.74, 6) is 0.302. The second-order valence-corrected chi connectivity index (χ2v) is 7.88. The molecule has 0 unspecified atom stereocenters. The highest BCUT2D eigenvalue weighted by Crippen LogP contribution is 2.23. The normalized spacial score (nSPS) is 13.0. The average Bonchev–Trinajstić information content (AvgIpc) is 2.43. The van der Waals surface area contributed by atoms with Gasteiger partial charge in [0, 0.05) is 6.21 Å². The zero-order valence-corrected chi connectivity index (χ0v) is 14.4. The van der Waals surface area contributed by atoms with Crippen LogP contribution in [0.1, 0.15) is 53.0 Å². The summed E-state index contributed by atoms with van der Waals surface area (Å²) in [5, 5.41) is 3.87. The number of hydrogen-bond acceptors (Lipinski definition) is 3. The largest absolute Gasteiger partial charge is 0.276 e. The Balaban J connectivity index is 2.84. The Bertz CT molecular complexity index is 565. The van der Waals surface area contributed by atoms with E-state index in [0.717, 1.165) is 18.4 Å². The molecule has 0 heterocycles. The van der Waals surface area contributed by atoms with E-state index in [4.69, 9.17) is 0 Å². The molecule has 0 atom stereocenters. The number of nitrogens with zero attached hydrogens (tertiary/aromatic N) is 1. The highest BCUT2D eigenvalue weighted by atomic mass is 32.2. The van der Waals surface area contributed by atoms with Gasteiger partial charge in [-0.3, -0.25) is 0 Å². The molecule has 0 aromatic heterocycles. The van der Waals surface area contributed by atoms with Crippen molar-refractivity contribution in [2.45, 2.75) is 57.8 Å². The third-order valence-corrected chi connectivity index (χ3v) is 4.78. The molecule has 118 valence electrons. The summed E-state index contributed by atoms with van der Waals surface area (Å²) in [6.45, 7) is 10.4.